The van der Waals surface area contributed by atoms with Crippen molar-refractivity contribution in [2.75, 3.05) is 23.2 Å². The zero-order valence-electron chi connectivity index (χ0n) is 15.7. The van der Waals surface area contributed by atoms with Gasteiger partial charge < -0.3 is 10.2 Å². The zero-order chi connectivity index (χ0) is 21.0. The summed E-state index contributed by atoms with van der Waals surface area (Å²) in [6.07, 6.45) is 1.14. The van der Waals surface area contributed by atoms with E-state index in [0.717, 1.165) is 6.26 Å². The quantitative estimate of drug-likeness (QED) is 0.781. The number of sulfone groups is 1. The first-order valence-electron chi connectivity index (χ1n) is 8.73. The Hall–Kier alpha value is -2.83. The van der Waals surface area contributed by atoms with Gasteiger partial charge in [0, 0.05) is 23.3 Å². The summed E-state index contributed by atoms with van der Waals surface area (Å²) in [7, 11) is -3.22. The molecule has 3 rings (SSSR count). The van der Waals surface area contributed by atoms with Crippen LogP contribution in [0, 0.1) is 11.3 Å². The van der Waals surface area contributed by atoms with Crippen molar-refractivity contribution in [2.24, 2.45) is 0 Å². The predicted molar refractivity (Wildman–Crippen MR) is 112 cm³/mol. The van der Waals surface area contributed by atoms with Gasteiger partial charge in [0.1, 0.15) is 6.04 Å². The summed E-state index contributed by atoms with van der Waals surface area (Å²) in [6, 6.07) is 14.3. The molecular weight excluding hydrogens is 410 g/mol. The Bertz CT molecular complexity index is 1080. The maximum absolute atomic E-state index is 13.0. The fraction of sp³-hybridized carbons (Fsp3) is 0.250. The van der Waals surface area contributed by atoms with Crippen LogP contribution in [0.25, 0.3) is 0 Å². The second-order valence-electron chi connectivity index (χ2n) is 6.74. The van der Waals surface area contributed by atoms with Crippen LogP contribution in [0.1, 0.15) is 21.5 Å². The van der Waals surface area contributed by atoms with Gasteiger partial charge in [0.05, 0.1) is 23.3 Å². The molecule has 1 N–H and O–H groups in total. The number of benzene rings is 2. The first-order valence-corrected chi connectivity index (χ1v) is 11.9. The largest absolute Gasteiger partial charge is 0.324 e. The second kappa shape index (κ2) is 8.68. The monoisotopic (exact) mass is 429 g/mol. The van der Waals surface area contributed by atoms with Crippen molar-refractivity contribution in [3.05, 3.63) is 65.2 Å². The number of amides is 2. The molecule has 1 unspecified atom stereocenters. The maximum Gasteiger partial charge on any atom is 0.255 e. The van der Waals surface area contributed by atoms with E-state index in [4.69, 9.17) is 5.26 Å². The molecule has 0 saturated carbocycles. The van der Waals surface area contributed by atoms with E-state index in [1.54, 1.807) is 48.5 Å². The lowest BCUT2D eigenvalue weighted by atomic mass is 10.1. The normalized spacial score (nSPS) is 16.3. The van der Waals surface area contributed by atoms with Gasteiger partial charge in [-0.05, 0) is 42.0 Å². The Balaban J connectivity index is 1.74. The molecule has 1 saturated heterocycles. The first-order chi connectivity index (χ1) is 13.8. The van der Waals surface area contributed by atoms with E-state index in [-0.39, 0.29) is 17.6 Å². The second-order valence-corrected chi connectivity index (χ2v) is 9.88. The van der Waals surface area contributed by atoms with E-state index in [1.165, 1.54) is 16.7 Å². The van der Waals surface area contributed by atoms with Crippen LogP contribution in [0.3, 0.4) is 0 Å². The minimum Gasteiger partial charge on any atom is -0.324 e. The Kier molecular flexibility index (Phi) is 6.25. The molecule has 1 atom stereocenters. The summed E-state index contributed by atoms with van der Waals surface area (Å²) >= 11 is 1.48. The summed E-state index contributed by atoms with van der Waals surface area (Å²) < 4.78 is 23.0. The van der Waals surface area contributed by atoms with Gasteiger partial charge in [0.2, 0.25) is 5.91 Å². The van der Waals surface area contributed by atoms with Crippen molar-refractivity contribution in [2.45, 2.75) is 11.8 Å². The Morgan fingerprint density at radius 1 is 1.24 bits per heavy atom. The third kappa shape index (κ3) is 5.37. The van der Waals surface area contributed by atoms with E-state index < -0.39 is 15.9 Å². The van der Waals surface area contributed by atoms with E-state index in [9.17, 15) is 18.0 Å². The number of hydrogen-bond acceptors (Lipinski definition) is 6. The number of nitrogens with one attached hydrogen (secondary N) is 1. The van der Waals surface area contributed by atoms with Crippen molar-refractivity contribution >= 4 is 39.1 Å². The van der Waals surface area contributed by atoms with Crippen LogP contribution >= 0.6 is 11.8 Å². The summed E-state index contributed by atoms with van der Waals surface area (Å²) in [5.41, 5.74) is 1.92. The summed E-state index contributed by atoms with van der Waals surface area (Å²) in [4.78, 5) is 27.2. The molecule has 0 spiro atoms. The number of nitriles is 1. The van der Waals surface area contributed by atoms with E-state index in [0.29, 0.717) is 34.0 Å². The van der Waals surface area contributed by atoms with Gasteiger partial charge in [-0.2, -0.15) is 5.26 Å². The Labute approximate surface area is 173 Å². The van der Waals surface area contributed by atoms with E-state index in [1.807, 2.05) is 6.07 Å². The third-order valence-corrected chi connectivity index (χ3v) is 6.20. The first kappa shape index (κ1) is 20.9. The van der Waals surface area contributed by atoms with E-state index >= 15 is 0 Å². The summed E-state index contributed by atoms with van der Waals surface area (Å²) in [5.74, 6) is 0.0776. The summed E-state index contributed by atoms with van der Waals surface area (Å²) in [5, 5.41) is 11.6. The van der Waals surface area contributed by atoms with Gasteiger partial charge in [0.25, 0.3) is 5.91 Å². The Morgan fingerprint density at radius 2 is 1.97 bits per heavy atom. The van der Waals surface area contributed by atoms with Gasteiger partial charge in [-0.25, -0.2) is 8.42 Å². The number of nitrogens with zero attached hydrogens (tertiary/aromatic N) is 2. The Morgan fingerprint density at radius 3 is 2.62 bits per heavy atom. The molecule has 1 aliphatic rings. The number of hydrogen-bond donors (Lipinski definition) is 1. The van der Waals surface area contributed by atoms with Crippen LogP contribution in [0.2, 0.25) is 0 Å². The predicted octanol–water partition coefficient (Wildman–Crippen LogP) is 2.26. The van der Waals surface area contributed by atoms with Crippen LogP contribution in [0.4, 0.5) is 5.69 Å². The molecule has 1 aliphatic heterocycles. The molecule has 7 nitrogen and oxygen atoms in total. The number of rotatable bonds is 5. The average Bonchev–Trinajstić information content (AvgIpc) is 3.17. The topological polar surface area (TPSA) is 107 Å². The van der Waals surface area contributed by atoms with Gasteiger partial charge in [-0.1, -0.05) is 12.1 Å². The molecule has 0 aliphatic carbocycles. The lowest BCUT2D eigenvalue weighted by Crippen LogP contribution is -2.44. The average molecular weight is 430 g/mol. The van der Waals surface area contributed by atoms with Crippen LogP contribution < -0.4 is 5.32 Å². The van der Waals surface area contributed by atoms with Gasteiger partial charge in [0.15, 0.2) is 9.84 Å². The smallest absolute Gasteiger partial charge is 0.255 e. The molecule has 2 amide bonds. The lowest BCUT2D eigenvalue weighted by molar-refractivity contribution is -0.119. The highest BCUT2D eigenvalue weighted by Crippen LogP contribution is 2.25. The molecule has 1 heterocycles. The fourth-order valence-corrected chi connectivity index (χ4v) is 4.92. The minimum absolute atomic E-state index is 0.147. The fourth-order valence-electron chi connectivity index (χ4n) is 2.98. The number of anilines is 1. The molecular formula is C20H19N3O4S2. The minimum atomic E-state index is -3.22. The van der Waals surface area contributed by atoms with Crippen molar-refractivity contribution in [3.63, 3.8) is 0 Å². The van der Waals surface area contributed by atoms with Crippen molar-refractivity contribution in [3.8, 4) is 6.07 Å². The molecule has 0 bridgehead atoms. The molecule has 9 heteroatoms. The van der Waals surface area contributed by atoms with Gasteiger partial charge in [-0.15, -0.1) is 11.8 Å². The standard InChI is InChI=1S/C20H19N3O4S2/c1-29(26,27)12-15-3-2-4-16(9-15)20(25)23-13-28-11-18(23)19(24)22-17-7-5-14(10-21)6-8-17/h2-9,18H,11-13H2,1H3,(H,22,24). The SMILES string of the molecule is CS(=O)(=O)Cc1cccc(C(=O)N2CSCC2C(=O)Nc2ccc(C#N)cc2)c1. The van der Waals surface area contributed by atoms with Gasteiger partial charge in [-0.3, -0.25) is 9.59 Å². The lowest BCUT2D eigenvalue weighted by Gasteiger charge is -2.23. The number of carbonyl (C=O) groups excluding carboxylic acids is 2. The number of carbonyl (C=O) groups is 2. The van der Waals surface area contributed by atoms with Crippen LogP contribution in [0.15, 0.2) is 48.5 Å². The third-order valence-electron chi connectivity index (χ3n) is 4.33. The molecule has 0 radical (unpaired) electrons. The van der Waals surface area contributed by atoms with Crippen LogP contribution in [-0.4, -0.2) is 49.1 Å². The van der Waals surface area contributed by atoms with Crippen molar-refractivity contribution in [1.29, 1.82) is 5.26 Å². The highest BCUT2D eigenvalue weighted by molar-refractivity contribution is 7.99. The molecule has 150 valence electrons. The number of thioether (sulfide) groups is 1. The molecule has 1 fully saturated rings. The highest BCUT2D eigenvalue weighted by Gasteiger charge is 2.35. The van der Waals surface area contributed by atoms with Crippen molar-refractivity contribution < 1.29 is 18.0 Å². The summed E-state index contributed by atoms with van der Waals surface area (Å²) in [6.45, 7) is 0. The highest BCUT2D eigenvalue weighted by atomic mass is 32.2. The molecule has 29 heavy (non-hydrogen) atoms. The van der Waals surface area contributed by atoms with Gasteiger partial charge >= 0.3 is 0 Å². The van der Waals surface area contributed by atoms with E-state index in [2.05, 4.69) is 5.32 Å². The maximum atomic E-state index is 13.0. The van der Waals surface area contributed by atoms with Crippen LogP contribution in [-0.2, 0) is 20.4 Å². The molecule has 2 aromatic rings. The molecule has 0 aromatic heterocycles. The van der Waals surface area contributed by atoms with Crippen molar-refractivity contribution in [1.82, 2.24) is 4.90 Å². The van der Waals surface area contributed by atoms with Crippen LogP contribution in [0.5, 0.6) is 0 Å². The zero-order valence-corrected chi connectivity index (χ0v) is 17.3. The molecule has 2 aromatic carbocycles.